The monoisotopic (exact) mass is 439 g/mol. The van der Waals surface area contributed by atoms with Gasteiger partial charge in [0.2, 0.25) is 23.6 Å². The molecule has 7 heteroatoms. The number of nitrogens with one attached hydrogen (secondary N) is 1. The Balaban J connectivity index is 1.65. The highest BCUT2D eigenvalue weighted by Gasteiger charge is 2.47. The number of hydrogen-bond donors (Lipinski definition) is 1. The number of hydrogen-bond acceptors (Lipinski definition) is 4. The number of allylic oxidation sites excluding steroid dienone is 2. The molecule has 3 atom stereocenters. The van der Waals surface area contributed by atoms with Crippen LogP contribution in [0.3, 0.4) is 0 Å². The first-order valence-corrected chi connectivity index (χ1v) is 11.5. The number of carbonyl (C=O) groups is 4. The van der Waals surface area contributed by atoms with E-state index in [2.05, 4.69) is 5.32 Å². The number of imide groups is 1. The number of likely N-dealkylation sites (tertiary alicyclic amines) is 1. The molecule has 1 aliphatic heterocycles. The normalized spacial score (nSPS) is 20.8. The number of carbonyl (C=O) groups excluding carboxylic acids is 4. The number of nitrogens with zero attached hydrogens (tertiary/aromatic N) is 2. The van der Waals surface area contributed by atoms with E-state index < -0.39 is 6.04 Å². The summed E-state index contributed by atoms with van der Waals surface area (Å²) in [6, 6.07) is 9.17. The molecule has 0 aromatic heterocycles. The van der Waals surface area contributed by atoms with E-state index in [9.17, 15) is 19.2 Å². The van der Waals surface area contributed by atoms with Gasteiger partial charge < -0.3 is 10.2 Å². The minimum atomic E-state index is -0.630. The maximum absolute atomic E-state index is 13.2. The summed E-state index contributed by atoms with van der Waals surface area (Å²) in [6.07, 6.45) is 6.51. The standard InChI is InChI=1S/C25H33N3O4/c1-3-15-26-23(30)18(2)27(16-13-19-9-5-4-6-10-19)22(29)14-17-28-24(31)20-11-7-8-12-21(20)25(28)32/h4-10,18,20-21H,3,11-17H2,1-2H3,(H,26,30)/t18-,20-,21+/m0/s1. The van der Waals surface area contributed by atoms with Crippen LogP contribution in [0.4, 0.5) is 0 Å². The average molecular weight is 440 g/mol. The zero-order valence-corrected chi connectivity index (χ0v) is 19.0. The molecular weight excluding hydrogens is 406 g/mol. The third-order valence-electron chi connectivity index (χ3n) is 6.35. The molecule has 1 fully saturated rings. The molecule has 0 spiro atoms. The van der Waals surface area contributed by atoms with Crippen LogP contribution in [0, 0.1) is 11.8 Å². The van der Waals surface area contributed by atoms with Gasteiger partial charge in [-0.3, -0.25) is 24.1 Å². The summed E-state index contributed by atoms with van der Waals surface area (Å²) in [4.78, 5) is 53.9. The van der Waals surface area contributed by atoms with E-state index >= 15 is 0 Å². The van der Waals surface area contributed by atoms with Gasteiger partial charge in [-0.25, -0.2) is 0 Å². The van der Waals surface area contributed by atoms with Gasteiger partial charge in [-0.1, -0.05) is 49.4 Å². The molecule has 0 radical (unpaired) electrons. The van der Waals surface area contributed by atoms with Gasteiger partial charge in [0.1, 0.15) is 6.04 Å². The lowest BCUT2D eigenvalue weighted by molar-refractivity contribution is -0.143. The zero-order chi connectivity index (χ0) is 23.1. The lowest BCUT2D eigenvalue weighted by atomic mass is 9.85. The van der Waals surface area contributed by atoms with Crippen molar-refractivity contribution in [3.05, 3.63) is 48.0 Å². The van der Waals surface area contributed by atoms with Crippen LogP contribution in [-0.4, -0.2) is 59.1 Å². The van der Waals surface area contributed by atoms with E-state index in [1.54, 1.807) is 11.8 Å². The number of rotatable bonds is 10. The highest BCUT2D eigenvalue weighted by atomic mass is 16.2. The van der Waals surface area contributed by atoms with E-state index in [0.29, 0.717) is 32.4 Å². The first kappa shape index (κ1) is 23.7. The van der Waals surface area contributed by atoms with Crippen LogP contribution in [0.15, 0.2) is 42.5 Å². The Morgan fingerprint density at radius 2 is 1.72 bits per heavy atom. The first-order valence-electron chi connectivity index (χ1n) is 11.5. The molecule has 3 rings (SSSR count). The van der Waals surface area contributed by atoms with Gasteiger partial charge in [0.25, 0.3) is 0 Å². The van der Waals surface area contributed by atoms with Crippen LogP contribution < -0.4 is 5.32 Å². The lowest BCUT2D eigenvalue weighted by Crippen LogP contribution is -2.49. The Labute approximate surface area is 189 Å². The van der Waals surface area contributed by atoms with Crippen LogP contribution >= 0.6 is 0 Å². The van der Waals surface area contributed by atoms with Crippen LogP contribution in [0.2, 0.25) is 0 Å². The molecule has 0 saturated carbocycles. The van der Waals surface area contributed by atoms with E-state index in [1.807, 2.05) is 49.4 Å². The zero-order valence-electron chi connectivity index (χ0n) is 19.0. The Bertz CT molecular complexity index is 841. The largest absolute Gasteiger partial charge is 0.354 e. The maximum atomic E-state index is 13.2. The number of amides is 4. The van der Waals surface area contributed by atoms with Crippen molar-refractivity contribution >= 4 is 23.6 Å². The highest BCUT2D eigenvalue weighted by Crippen LogP contribution is 2.35. The van der Waals surface area contributed by atoms with Gasteiger partial charge >= 0.3 is 0 Å². The van der Waals surface area contributed by atoms with Crippen LogP contribution in [0.1, 0.15) is 45.1 Å². The van der Waals surface area contributed by atoms with E-state index in [0.717, 1.165) is 12.0 Å². The summed E-state index contributed by atoms with van der Waals surface area (Å²) in [5.41, 5.74) is 1.08. The molecule has 32 heavy (non-hydrogen) atoms. The summed E-state index contributed by atoms with van der Waals surface area (Å²) < 4.78 is 0. The Morgan fingerprint density at radius 1 is 1.09 bits per heavy atom. The predicted octanol–water partition coefficient (Wildman–Crippen LogP) is 2.31. The minimum absolute atomic E-state index is 0.0184. The van der Waals surface area contributed by atoms with Gasteiger partial charge in [-0.05, 0) is 38.2 Å². The van der Waals surface area contributed by atoms with E-state index in [4.69, 9.17) is 0 Å². The van der Waals surface area contributed by atoms with Crippen molar-refractivity contribution in [1.29, 1.82) is 0 Å². The van der Waals surface area contributed by atoms with E-state index in [1.165, 1.54) is 4.90 Å². The van der Waals surface area contributed by atoms with Crippen molar-refractivity contribution in [3.63, 3.8) is 0 Å². The third-order valence-corrected chi connectivity index (χ3v) is 6.35. The highest BCUT2D eigenvalue weighted by molar-refractivity contribution is 6.05. The molecule has 1 heterocycles. The number of benzene rings is 1. The molecule has 1 aliphatic carbocycles. The van der Waals surface area contributed by atoms with Crippen LogP contribution in [0.25, 0.3) is 0 Å². The third kappa shape index (κ3) is 5.44. The molecule has 2 aliphatic rings. The van der Waals surface area contributed by atoms with Gasteiger partial charge in [0, 0.05) is 26.1 Å². The quantitative estimate of drug-likeness (QED) is 0.448. The van der Waals surface area contributed by atoms with Crippen molar-refractivity contribution in [2.75, 3.05) is 19.6 Å². The van der Waals surface area contributed by atoms with E-state index in [-0.39, 0.29) is 48.4 Å². The van der Waals surface area contributed by atoms with Gasteiger partial charge in [-0.15, -0.1) is 0 Å². The summed E-state index contributed by atoms with van der Waals surface area (Å²) >= 11 is 0. The molecule has 1 saturated heterocycles. The SMILES string of the molecule is CCCNC(=O)[C@H](C)N(CCc1ccccc1)C(=O)CCN1C(=O)[C@H]2CC=CC[C@H]2C1=O. The molecule has 1 aromatic rings. The Hall–Kier alpha value is -2.96. The van der Waals surface area contributed by atoms with Gasteiger partial charge in [0.15, 0.2) is 0 Å². The summed E-state index contributed by atoms with van der Waals surface area (Å²) in [5, 5.41) is 2.85. The lowest BCUT2D eigenvalue weighted by Gasteiger charge is -2.29. The fraction of sp³-hybridized carbons (Fsp3) is 0.520. The molecule has 0 unspecified atom stereocenters. The van der Waals surface area contributed by atoms with Crippen molar-refractivity contribution in [2.45, 2.75) is 52.0 Å². The first-order chi connectivity index (χ1) is 15.4. The summed E-state index contributed by atoms with van der Waals surface area (Å²) in [5.74, 6) is -1.37. The minimum Gasteiger partial charge on any atom is -0.354 e. The molecule has 1 N–H and O–H groups in total. The topological polar surface area (TPSA) is 86.8 Å². The van der Waals surface area contributed by atoms with Crippen LogP contribution in [-0.2, 0) is 25.6 Å². The smallest absolute Gasteiger partial charge is 0.242 e. The number of fused-ring (bicyclic) bond motifs is 1. The van der Waals surface area contributed by atoms with Crippen molar-refractivity contribution < 1.29 is 19.2 Å². The molecule has 172 valence electrons. The van der Waals surface area contributed by atoms with Crippen molar-refractivity contribution in [3.8, 4) is 0 Å². The summed E-state index contributed by atoms with van der Waals surface area (Å²) in [7, 11) is 0. The Morgan fingerprint density at radius 3 is 2.31 bits per heavy atom. The van der Waals surface area contributed by atoms with Crippen molar-refractivity contribution in [2.24, 2.45) is 11.8 Å². The predicted molar refractivity (Wildman–Crippen MR) is 121 cm³/mol. The fourth-order valence-corrected chi connectivity index (χ4v) is 4.41. The second-order valence-electron chi connectivity index (χ2n) is 8.52. The molecular formula is C25H33N3O4. The average Bonchev–Trinajstić information content (AvgIpc) is 3.06. The molecule has 1 aromatic carbocycles. The maximum Gasteiger partial charge on any atom is 0.242 e. The molecule has 7 nitrogen and oxygen atoms in total. The van der Waals surface area contributed by atoms with Gasteiger partial charge in [-0.2, -0.15) is 0 Å². The molecule has 0 bridgehead atoms. The molecule has 4 amide bonds. The second-order valence-corrected chi connectivity index (χ2v) is 8.52. The van der Waals surface area contributed by atoms with Crippen molar-refractivity contribution in [1.82, 2.24) is 15.1 Å². The second kappa shape index (κ2) is 11.1. The van der Waals surface area contributed by atoms with Gasteiger partial charge in [0.05, 0.1) is 11.8 Å². The fourth-order valence-electron chi connectivity index (χ4n) is 4.41. The summed E-state index contributed by atoms with van der Waals surface area (Å²) in [6.45, 7) is 4.70. The van der Waals surface area contributed by atoms with Crippen LogP contribution in [0.5, 0.6) is 0 Å². The Kier molecular flexibility index (Phi) is 8.20.